The Labute approximate surface area is 163 Å². The number of amides is 1. The number of likely N-dealkylation sites (tertiary alicyclic amines) is 1. The number of rotatable bonds is 5. The van der Waals surface area contributed by atoms with Gasteiger partial charge in [-0.15, -0.1) is 0 Å². The third-order valence-electron chi connectivity index (χ3n) is 4.69. The SMILES string of the molecule is O=C(/C=C/c1ccco1)N1CCC[C@@H](c2nccnc2Nc2ccccn2)C1. The summed E-state index contributed by atoms with van der Waals surface area (Å²) in [7, 11) is 0. The quantitative estimate of drug-likeness (QED) is 0.686. The minimum atomic E-state index is -0.0239. The number of nitrogens with zero attached hydrogens (tertiary/aromatic N) is 4. The number of hydrogen-bond acceptors (Lipinski definition) is 6. The van der Waals surface area contributed by atoms with Crippen molar-refractivity contribution < 1.29 is 9.21 Å². The van der Waals surface area contributed by atoms with E-state index in [0.29, 0.717) is 18.1 Å². The van der Waals surface area contributed by atoms with Gasteiger partial charge in [0.05, 0.1) is 12.0 Å². The van der Waals surface area contributed by atoms with E-state index in [4.69, 9.17) is 4.42 Å². The first-order chi connectivity index (χ1) is 13.8. The van der Waals surface area contributed by atoms with Crippen LogP contribution in [-0.2, 0) is 4.79 Å². The maximum absolute atomic E-state index is 12.6. The fourth-order valence-corrected chi connectivity index (χ4v) is 3.35. The smallest absolute Gasteiger partial charge is 0.246 e. The van der Waals surface area contributed by atoms with E-state index < -0.39 is 0 Å². The zero-order valence-electron chi connectivity index (χ0n) is 15.4. The van der Waals surface area contributed by atoms with Gasteiger partial charge in [-0.2, -0.15) is 0 Å². The van der Waals surface area contributed by atoms with Crippen LogP contribution < -0.4 is 5.32 Å². The second-order valence-corrected chi connectivity index (χ2v) is 6.60. The molecular formula is C21H21N5O2. The standard InChI is InChI=1S/C21H21N5O2/c27-19(9-8-17-6-4-14-28-17)26-13-3-5-16(15-26)20-21(24-12-11-23-20)25-18-7-1-2-10-22-18/h1-2,4,6-12,14,16H,3,5,13,15H2,(H,22,24,25)/b9-8+/t16-/m1/s1. The molecule has 1 aliphatic heterocycles. The van der Waals surface area contributed by atoms with E-state index in [-0.39, 0.29) is 11.8 Å². The first-order valence-electron chi connectivity index (χ1n) is 9.29. The second kappa shape index (κ2) is 8.47. The third kappa shape index (κ3) is 4.25. The highest BCUT2D eigenvalue weighted by Crippen LogP contribution is 2.30. The van der Waals surface area contributed by atoms with Crippen molar-refractivity contribution in [3.05, 3.63) is 72.7 Å². The largest absolute Gasteiger partial charge is 0.465 e. The molecule has 7 nitrogen and oxygen atoms in total. The lowest BCUT2D eigenvalue weighted by atomic mass is 9.94. The number of anilines is 2. The molecule has 0 unspecified atom stereocenters. The van der Waals surface area contributed by atoms with Crippen LogP contribution in [0.3, 0.4) is 0 Å². The van der Waals surface area contributed by atoms with Crippen molar-refractivity contribution in [2.75, 3.05) is 18.4 Å². The summed E-state index contributed by atoms with van der Waals surface area (Å²) in [6.45, 7) is 1.35. The van der Waals surface area contributed by atoms with Crippen LogP contribution in [-0.4, -0.2) is 38.8 Å². The van der Waals surface area contributed by atoms with Gasteiger partial charge in [-0.3, -0.25) is 9.78 Å². The monoisotopic (exact) mass is 375 g/mol. The summed E-state index contributed by atoms with van der Waals surface area (Å²) in [6.07, 6.45) is 11.8. The van der Waals surface area contributed by atoms with Gasteiger partial charge in [0.2, 0.25) is 5.91 Å². The lowest BCUT2D eigenvalue weighted by molar-refractivity contribution is -0.127. The lowest BCUT2D eigenvalue weighted by Gasteiger charge is -2.32. The van der Waals surface area contributed by atoms with E-state index in [1.165, 1.54) is 0 Å². The maximum atomic E-state index is 12.6. The van der Waals surface area contributed by atoms with Crippen LogP contribution >= 0.6 is 0 Å². The topological polar surface area (TPSA) is 84.2 Å². The Morgan fingerprint density at radius 1 is 1.14 bits per heavy atom. The van der Waals surface area contributed by atoms with Crippen LogP contribution in [0, 0.1) is 0 Å². The van der Waals surface area contributed by atoms with Crippen molar-refractivity contribution in [2.24, 2.45) is 0 Å². The van der Waals surface area contributed by atoms with Crippen LogP contribution in [0.4, 0.5) is 11.6 Å². The molecule has 3 aromatic heterocycles. The molecule has 1 N–H and O–H groups in total. The number of hydrogen-bond donors (Lipinski definition) is 1. The molecule has 1 saturated heterocycles. The number of furan rings is 1. The molecule has 3 aromatic rings. The van der Waals surface area contributed by atoms with Crippen LogP contribution in [0.5, 0.6) is 0 Å². The number of pyridine rings is 1. The first-order valence-corrected chi connectivity index (χ1v) is 9.29. The Kier molecular flexibility index (Phi) is 5.42. The van der Waals surface area contributed by atoms with E-state index in [2.05, 4.69) is 20.3 Å². The summed E-state index contributed by atoms with van der Waals surface area (Å²) in [5.74, 6) is 2.16. The molecule has 1 amide bonds. The van der Waals surface area contributed by atoms with Crippen molar-refractivity contribution >= 4 is 23.6 Å². The van der Waals surface area contributed by atoms with Gasteiger partial charge in [-0.1, -0.05) is 6.07 Å². The molecule has 28 heavy (non-hydrogen) atoms. The Morgan fingerprint density at radius 3 is 2.89 bits per heavy atom. The lowest BCUT2D eigenvalue weighted by Crippen LogP contribution is -2.38. The third-order valence-corrected chi connectivity index (χ3v) is 4.69. The summed E-state index contributed by atoms with van der Waals surface area (Å²) < 4.78 is 5.24. The normalized spacial score (nSPS) is 17.0. The molecular weight excluding hydrogens is 354 g/mol. The minimum Gasteiger partial charge on any atom is -0.465 e. The molecule has 0 bridgehead atoms. The maximum Gasteiger partial charge on any atom is 0.246 e. The molecule has 7 heteroatoms. The molecule has 1 aliphatic rings. The molecule has 142 valence electrons. The van der Waals surface area contributed by atoms with Crippen molar-refractivity contribution in [3.63, 3.8) is 0 Å². The molecule has 1 atom stereocenters. The predicted octanol–water partition coefficient (Wildman–Crippen LogP) is 3.63. The van der Waals surface area contributed by atoms with Crippen LogP contribution in [0.15, 0.2) is 65.7 Å². The Balaban J connectivity index is 1.48. The van der Waals surface area contributed by atoms with E-state index in [0.717, 1.165) is 30.9 Å². The molecule has 0 aromatic carbocycles. The number of nitrogens with one attached hydrogen (secondary N) is 1. The summed E-state index contributed by atoms with van der Waals surface area (Å²) in [5.41, 5.74) is 0.862. The zero-order chi connectivity index (χ0) is 19.2. The Bertz CT molecular complexity index is 940. The van der Waals surface area contributed by atoms with Crippen molar-refractivity contribution in [1.82, 2.24) is 19.9 Å². The van der Waals surface area contributed by atoms with Crippen LogP contribution in [0.2, 0.25) is 0 Å². The second-order valence-electron chi connectivity index (χ2n) is 6.60. The van der Waals surface area contributed by atoms with Gasteiger partial charge in [-0.25, -0.2) is 9.97 Å². The van der Waals surface area contributed by atoms with Gasteiger partial charge in [0.15, 0.2) is 5.82 Å². The molecule has 1 fully saturated rings. The number of piperidine rings is 1. The average molecular weight is 375 g/mol. The highest BCUT2D eigenvalue weighted by molar-refractivity contribution is 5.91. The van der Waals surface area contributed by atoms with Crippen LogP contribution in [0.1, 0.15) is 30.2 Å². The molecule has 4 heterocycles. The fraction of sp³-hybridized carbons (Fsp3) is 0.238. The molecule has 0 radical (unpaired) electrons. The van der Waals surface area contributed by atoms with E-state index in [1.54, 1.807) is 43.1 Å². The van der Waals surface area contributed by atoms with Gasteiger partial charge in [-0.05, 0) is 43.2 Å². The average Bonchev–Trinajstić information content (AvgIpc) is 3.27. The predicted molar refractivity (Wildman–Crippen MR) is 106 cm³/mol. The molecule has 0 aliphatic carbocycles. The first kappa shape index (κ1) is 17.9. The number of aromatic nitrogens is 3. The van der Waals surface area contributed by atoms with E-state index >= 15 is 0 Å². The summed E-state index contributed by atoms with van der Waals surface area (Å²) >= 11 is 0. The highest BCUT2D eigenvalue weighted by atomic mass is 16.3. The zero-order valence-corrected chi connectivity index (χ0v) is 15.4. The van der Waals surface area contributed by atoms with Crippen molar-refractivity contribution in [2.45, 2.75) is 18.8 Å². The Morgan fingerprint density at radius 2 is 2.07 bits per heavy atom. The molecule has 4 rings (SSSR count). The molecule has 0 spiro atoms. The summed E-state index contributed by atoms with van der Waals surface area (Å²) in [6, 6.07) is 9.28. The molecule has 0 saturated carbocycles. The van der Waals surface area contributed by atoms with Crippen LogP contribution in [0.25, 0.3) is 6.08 Å². The summed E-state index contributed by atoms with van der Waals surface area (Å²) in [5, 5.41) is 3.24. The van der Waals surface area contributed by atoms with Gasteiger partial charge < -0.3 is 14.6 Å². The Hall–Kier alpha value is -3.48. The van der Waals surface area contributed by atoms with Gasteiger partial charge in [0, 0.05) is 43.7 Å². The fourth-order valence-electron chi connectivity index (χ4n) is 3.35. The van der Waals surface area contributed by atoms with E-state index in [1.807, 2.05) is 29.2 Å². The summed E-state index contributed by atoms with van der Waals surface area (Å²) in [4.78, 5) is 27.7. The number of carbonyl (C=O) groups is 1. The van der Waals surface area contributed by atoms with Gasteiger partial charge in [0.25, 0.3) is 0 Å². The number of carbonyl (C=O) groups excluding carboxylic acids is 1. The van der Waals surface area contributed by atoms with Gasteiger partial charge in [0.1, 0.15) is 11.6 Å². The minimum absolute atomic E-state index is 0.0239. The highest BCUT2D eigenvalue weighted by Gasteiger charge is 2.27. The van der Waals surface area contributed by atoms with E-state index in [9.17, 15) is 4.79 Å². The van der Waals surface area contributed by atoms with Crippen molar-refractivity contribution in [1.29, 1.82) is 0 Å². The van der Waals surface area contributed by atoms with Crippen molar-refractivity contribution in [3.8, 4) is 0 Å². The van der Waals surface area contributed by atoms with Gasteiger partial charge >= 0.3 is 0 Å².